The summed E-state index contributed by atoms with van der Waals surface area (Å²) in [5, 5.41) is 11.4. The Morgan fingerprint density at radius 3 is 2.33 bits per heavy atom. The number of anilines is 2. The van der Waals surface area contributed by atoms with Gasteiger partial charge in [0.2, 0.25) is 0 Å². The highest BCUT2D eigenvalue weighted by molar-refractivity contribution is 5.60. The molecule has 0 aromatic heterocycles. The van der Waals surface area contributed by atoms with E-state index in [4.69, 9.17) is 5.21 Å². The van der Waals surface area contributed by atoms with Crippen LogP contribution in [-0.4, -0.2) is 5.21 Å². The zero-order valence-electron chi connectivity index (χ0n) is 9.45. The minimum Gasteiger partial charge on any atom is -0.353 e. The SMILES string of the molecule is ONCc1ccc(Nc2ccc(F)cc2F)cc1. The number of hydroxylamine groups is 1. The predicted molar refractivity (Wildman–Crippen MR) is 64.7 cm³/mol. The van der Waals surface area contributed by atoms with E-state index >= 15 is 0 Å². The van der Waals surface area contributed by atoms with Crippen molar-refractivity contribution >= 4 is 11.4 Å². The molecule has 0 aliphatic rings. The van der Waals surface area contributed by atoms with Gasteiger partial charge in [0, 0.05) is 18.3 Å². The summed E-state index contributed by atoms with van der Waals surface area (Å²) in [6.07, 6.45) is 0. The number of hydrogen-bond acceptors (Lipinski definition) is 3. The van der Waals surface area contributed by atoms with Gasteiger partial charge in [-0.15, -0.1) is 0 Å². The average molecular weight is 250 g/mol. The first kappa shape index (κ1) is 12.5. The van der Waals surface area contributed by atoms with Gasteiger partial charge in [-0.05, 0) is 29.8 Å². The summed E-state index contributed by atoms with van der Waals surface area (Å²) in [4.78, 5) is 0. The van der Waals surface area contributed by atoms with Crippen LogP contribution in [0.2, 0.25) is 0 Å². The van der Waals surface area contributed by atoms with Crippen LogP contribution in [0.25, 0.3) is 0 Å². The lowest BCUT2D eigenvalue weighted by atomic mass is 10.2. The van der Waals surface area contributed by atoms with Crippen molar-refractivity contribution in [3.63, 3.8) is 0 Å². The third kappa shape index (κ3) is 3.03. The molecule has 0 amide bonds. The van der Waals surface area contributed by atoms with E-state index in [9.17, 15) is 8.78 Å². The second-order valence-corrected chi connectivity index (χ2v) is 3.78. The molecule has 94 valence electrons. The van der Waals surface area contributed by atoms with E-state index < -0.39 is 11.6 Å². The Morgan fingerprint density at radius 2 is 1.72 bits per heavy atom. The molecule has 2 rings (SSSR count). The first-order valence-corrected chi connectivity index (χ1v) is 5.37. The third-order valence-corrected chi connectivity index (χ3v) is 2.45. The molecule has 0 atom stereocenters. The minimum atomic E-state index is -0.642. The molecule has 3 nitrogen and oxygen atoms in total. The van der Waals surface area contributed by atoms with Crippen molar-refractivity contribution in [2.45, 2.75) is 6.54 Å². The molecule has 0 aliphatic heterocycles. The van der Waals surface area contributed by atoms with Crippen LogP contribution >= 0.6 is 0 Å². The maximum Gasteiger partial charge on any atom is 0.149 e. The van der Waals surface area contributed by atoms with Gasteiger partial charge in [-0.25, -0.2) is 14.3 Å². The van der Waals surface area contributed by atoms with Crippen LogP contribution in [0.3, 0.4) is 0 Å². The molecule has 0 saturated heterocycles. The summed E-state index contributed by atoms with van der Waals surface area (Å²) in [5.74, 6) is -1.25. The van der Waals surface area contributed by atoms with Gasteiger partial charge in [0.15, 0.2) is 0 Å². The molecule has 0 spiro atoms. The summed E-state index contributed by atoms with van der Waals surface area (Å²) < 4.78 is 26.1. The fourth-order valence-corrected chi connectivity index (χ4v) is 1.54. The lowest BCUT2D eigenvalue weighted by Crippen LogP contribution is -2.05. The quantitative estimate of drug-likeness (QED) is 0.730. The first-order chi connectivity index (χ1) is 8.69. The van der Waals surface area contributed by atoms with Crippen molar-refractivity contribution < 1.29 is 14.0 Å². The molecule has 0 aliphatic carbocycles. The Kier molecular flexibility index (Phi) is 3.86. The van der Waals surface area contributed by atoms with Crippen molar-refractivity contribution in [1.82, 2.24) is 5.48 Å². The molecular weight excluding hydrogens is 238 g/mol. The van der Waals surface area contributed by atoms with E-state index in [-0.39, 0.29) is 5.69 Å². The predicted octanol–water partition coefficient (Wildman–Crippen LogP) is 3.19. The monoisotopic (exact) mass is 250 g/mol. The Balaban J connectivity index is 2.13. The van der Waals surface area contributed by atoms with Crippen LogP contribution in [0, 0.1) is 11.6 Å². The molecule has 3 N–H and O–H groups in total. The van der Waals surface area contributed by atoms with Gasteiger partial charge in [0.05, 0.1) is 5.69 Å². The normalized spacial score (nSPS) is 10.4. The maximum atomic E-state index is 13.4. The van der Waals surface area contributed by atoms with Crippen molar-refractivity contribution in [2.24, 2.45) is 0 Å². The fourth-order valence-electron chi connectivity index (χ4n) is 1.54. The fraction of sp³-hybridized carbons (Fsp3) is 0.0769. The molecule has 18 heavy (non-hydrogen) atoms. The highest BCUT2D eigenvalue weighted by Gasteiger charge is 2.03. The summed E-state index contributed by atoms with van der Waals surface area (Å²) in [6, 6.07) is 10.4. The van der Waals surface area contributed by atoms with Crippen molar-refractivity contribution in [1.29, 1.82) is 0 Å². The van der Waals surface area contributed by atoms with E-state index in [2.05, 4.69) is 5.32 Å². The van der Waals surface area contributed by atoms with Gasteiger partial charge in [-0.1, -0.05) is 12.1 Å². The number of nitrogens with one attached hydrogen (secondary N) is 2. The zero-order chi connectivity index (χ0) is 13.0. The summed E-state index contributed by atoms with van der Waals surface area (Å²) in [5.41, 5.74) is 3.83. The average Bonchev–Trinajstić information content (AvgIpc) is 2.35. The van der Waals surface area contributed by atoms with Gasteiger partial charge in [-0.2, -0.15) is 0 Å². The number of hydrogen-bond donors (Lipinski definition) is 3. The van der Waals surface area contributed by atoms with Gasteiger partial charge in [0.1, 0.15) is 11.6 Å². The molecule has 0 fully saturated rings. The van der Waals surface area contributed by atoms with Gasteiger partial charge in [0.25, 0.3) is 0 Å². The zero-order valence-corrected chi connectivity index (χ0v) is 9.45. The molecule has 0 heterocycles. The Bertz CT molecular complexity index is 529. The van der Waals surface area contributed by atoms with Crippen molar-refractivity contribution in [2.75, 3.05) is 5.32 Å². The first-order valence-electron chi connectivity index (χ1n) is 5.37. The van der Waals surface area contributed by atoms with Crippen molar-refractivity contribution in [3.05, 3.63) is 59.7 Å². The molecule has 2 aromatic carbocycles. The lowest BCUT2D eigenvalue weighted by molar-refractivity contribution is 0.161. The van der Waals surface area contributed by atoms with Crippen LogP contribution in [0.1, 0.15) is 5.56 Å². The minimum absolute atomic E-state index is 0.212. The number of halogens is 2. The van der Waals surface area contributed by atoms with Crippen LogP contribution in [-0.2, 0) is 6.54 Å². The molecule has 5 heteroatoms. The molecule has 0 radical (unpaired) electrons. The standard InChI is InChI=1S/C13H12F2N2O/c14-10-3-6-13(12(15)7-10)17-11-4-1-9(2-5-11)8-16-18/h1-7,16-18H,8H2. The van der Waals surface area contributed by atoms with Crippen LogP contribution in [0.5, 0.6) is 0 Å². The molecule has 0 saturated carbocycles. The maximum absolute atomic E-state index is 13.4. The van der Waals surface area contributed by atoms with Gasteiger partial charge < -0.3 is 10.5 Å². The smallest absolute Gasteiger partial charge is 0.149 e. The van der Waals surface area contributed by atoms with E-state index in [1.54, 1.807) is 24.3 Å². The van der Waals surface area contributed by atoms with E-state index in [0.717, 1.165) is 11.6 Å². The molecule has 2 aromatic rings. The van der Waals surface area contributed by atoms with E-state index in [1.807, 2.05) is 5.48 Å². The lowest BCUT2D eigenvalue weighted by Gasteiger charge is -2.08. The summed E-state index contributed by atoms with van der Waals surface area (Å²) >= 11 is 0. The van der Waals surface area contributed by atoms with Crippen LogP contribution in [0.15, 0.2) is 42.5 Å². The van der Waals surface area contributed by atoms with Gasteiger partial charge >= 0.3 is 0 Å². The largest absolute Gasteiger partial charge is 0.353 e. The third-order valence-electron chi connectivity index (χ3n) is 2.45. The van der Waals surface area contributed by atoms with Gasteiger partial charge in [-0.3, -0.25) is 0 Å². The Labute approximate surface area is 103 Å². The van der Waals surface area contributed by atoms with E-state index in [0.29, 0.717) is 12.2 Å². The highest BCUT2D eigenvalue weighted by Crippen LogP contribution is 2.20. The second-order valence-electron chi connectivity index (χ2n) is 3.78. The Hall–Kier alpha value is -1.98. The van der Waals surface area contributed by atoms with E-state index in [1.165, 1.54) is 12.1 Å². The van der Waals surface area contributed by atoms with Crippen LogP contribution in [0.4, 0.5) is 20.2 Å². The number of rotatable bonds is 4. The Morgan fingerprint density at radius 1 is 1.00 bits per heavy atom. The summed E-state index contributed by atoms with van der Waals surface area (Å²) in [7, 11) is 0. The highest BCUT2D eigenvalue weighted by atomic mass is 19.1. The van der Waals surface area contributed by atoms with Crippen molar-refractivity contribution in [3.8, 4) is 0 Å². The second kappa shape index (κ2) is 5.57. The molecule has 0 unspecified atom stereocenters. The number of benzene rings is 2. The molecular formula is C13H12F2N2O. The molecule has 0 bridgehead atoms. The van der Waals surface area contributed by atoms with Crippen LogP contribution < -0.4 is 10.8 Å². The summed E-state index contributed by atoms with van der Waals surface area (Å²) in [6.45, 7) is 0.338. The topological polar surface area (TPSA) is 44.3 Å².